The first-order valence-corrected chi connectivity index (χ1v) is 16.2. The van der Waals surface area contributed by atoms with Crippen molar-refractivity contribution in [3.05, 3.63) is 197 Å². The molecule has 0 amide bonds. The number of hydrogen-bond acceptors (Lipinski definition) is 1. The van der Waals surface area contributed by atoms with E-state index in [4.69, 9.17) is 0 Å². The Morgan fingerprint density at radius 3 is 2.38 bits per heavy atom. The molecule has 0 spiro atoms. The maximum atomic E-state index is 4.04. The van der Waals surface area contributed by atoms with Gasteiger partial charge in [0.25, 0.3) is 0 Å². The molecule has 0 fully saturated rings. The van der Waals surface area contributed by atoms with Crippen LogP contribution in [0, 0.1) is 17.8 Å². The van der Waals surface area contributed by atoms with Gasteiger partial charge in [0.1, 0.15) is 0 Å². The molecule has 1 heteroatoms. The molecule has 2 aromatic rings. The SMILES string of the molecule is C=C/C=C\C1=C(C2=CC3C=C(c4cccc(C/C=C\C=NC=C)c4)C=CC3C=C2)C(/C=C\C)=C(CC)C(c2ccccc2)C1C. The Morgan fingerprint density at radius 1 is 0.867 bits per heavy atom. The molecule has 4 unspecified atom stereocenters. The Morgan fingerprint density at radius 2 is 1.64 bits per heavy atom. The number of allylic oxidation sites excluding steroid dienone is 19. The molecule has 0 bridgehead atoms. The first-order valence-electron chi connectivity index (χ1n) is 16.2. The molecule has 2 aromatic carbocycles. The van der Waals surface area contributed by atoms with E-state index in [0.29, 0.717) is 23.7 Å². The van der Waals surface area contributed by atoms with Crippen molar-refractivity contribution in [2.45, 2.75) is 39.5 Å². The van der Waals surface area contributed by atoms with Gasteiger partial charge in [0.05, 0.1) is 0 Å². The van der Waals surface area contributed by atoms with Crippen LogP contribution in [0.2, 0.25) is 0 Å². The zero-order valence-electron chi connectivity index (χ0n) is 26.9. The lowest BCUT2D eigenvalue weighted by molar-refractivity contribution is 0.561. The van der Waals surface area contributed by atoms with Crippen molar-refractivity contribution in [2.75, 3.05) is 0 Å². The Bertz CT molecular complexity index is 1710. The van der Waals surface area contributed by atoms with E-state index in [1.165, 1.54) is 50.1 Å². The van der Waals surface area contributed by atoms with E-state index in [1.54, 1.807) is 12.4 Å². The first-order chi connectivity index (χ1) is 22.1. The highest BCUT2D eigenvalue weighted by atomic mass is 14.6. The van der Waals surface area contributed by atoms with E-state index >= 15 is 0 Å². The van der Waals surface area contributed by atoms with Gasteiger partial charge in [0, 0.05) is 30.2 Å². The van der Waals surface area contributed by atoms with Crippen LogP contribution in [-0.2, 0) is 6.42 Å². The molecule has 5 rings (SSSR count). The van der Waals surface area contributed by atoms with Crippen molar-refractivity contribution < 1.29 is 0 Å². The van der Waals surface area contributed by atoms with Gasteiger partial charge in [-0.15, -0.1) is 0 Å². The van der Waals surface area contributed by atoms with E-state index in [0.717, 1.165) is 12.8 Å². The van der Waals surface area contributed by atoms with E-state index in [9.17, 15) is 0 Å². The highest BCUT2D eigenvalue weighted by Crippen LogP contribution is 2.50. The number of benzene rings is 2. The molecule has 0 heterocycles. The summed E-state index contributed by atoms with van der Waals surface area (Å²) < 4.78 is 0. The van der Waals surface area contributed by atoms with Crippen LogP contribution < -0.4 is 0 Å². The Balaban J connectivity index is 1.55. The lowest BCUT2D eigenvalue weighted by atomic mass is 9.66. The van der Waals surface area contributed by atoms with Crippen LogP contribution in [0.3, 0.4) is 0 Å². The van der Waals surface area contributed by atoms with Crippen LogP contribution in [0.25, 0.3) is 5.57 Å². The third kappa shape index (κ3) is 7.15. The first kappa shape index (κ1) is 31.7. The van der Waals surface area contributed by atoms with Gasteiger partial charge in [-0.25, -0.2) is 0 Å². The van der Waals surface area contributed by atoms with Crippen molar-refractivity contribution >= 4 is 11.8 Å². The van der Waals surface area contributed by atoms with Gasteiger partial charge < -0.3 is 0 Å². The number of aliphatic imine (C=N–C) groups is 1. The van der Waals surface area contributed by atoms with Gasteiger partial charge in [-0.3, -0.25) is 4.99 Å². The molecular formula is C44H45N. The smallest absolute Gasteiger partial charge is 0.0264 e. The normalized spacial score (nSPS) is 23.4. The minimum Gasteiger partial charge on any atom is -0.265 e. The zero-order chi connectivity index (χ0) is 31.6. The fourth-order valence-corrected chi connectivity index (χ4v) is 7.00. The predicted octanol–water partition coefficient (Wildman–Crippen LogP) is 11.4. The number of fused-ring (bicyclic) bond motifs is 1. The molecular weight excluding hydrogens is 542 g/mol. The quantitative estimate of drug-likeness (QED) is 0.183. The zero-order valence-corrected chi connectivity index (χ0v) is 26.9. The van der Waals surface area contributed by atoms with E-state index in [2.05, 4.69) is 160 Å². The lowest BCUT2D eigenvalue weighted by Gasteiger charge is -2.38. The summed E-state index contributed by atoms with van der Waals surface area (Å²) in [7, 11) is 0. The Labute approximate surface area is 270 Å². The van der Waals surface area contributed by atoms with Crippen LogP contribution in [0.5, 0.6) is 0 Å². The molecule has 3 aliphatic carbocycles. The van der Waals surface area contributed by atoms with Crippen molar-refractivity contribution in [3.8, 4) is 0 Å². The second-order valence-electron chi connectivity index (χ2n) is 11.8. The van der Waals surface area contributed by atoms with E-state index < -0.39 is 0 Å². The Kier molecular flexibility index (Phi) is 10.8. The van der Waals surface area contributed by atoms with Gasteiger partial charge in [-0.05, 0) is 76.3 Å². The average Bonchev–Trinajstić information content (AvgIpc) is 3.08. The molecule has 226 valence electrons. The van der Waals surface area contributed by atoms with Gasteiger partial charge in [0.15, 0.2) is 0 Å². The van der Waals surface area contributed by atoms with Crippen LogP contribution in [0.1, 0.15) is 49.8 Å². The lowest BCUT2D eigenvalue weighted by Crippen LogP contribution is -2.23. The van der Waals surface area contributed by atoms with Crippen molar-refractivity contribution in [1.82, 2.24) is 0 Å². The highest BCUT2D eigenvalue weighted by Gasteiger charge is 2.35. The largest absolute Gasteiger partial charge is 0.265 e. The summed E-state index contributed by atoms with van der Waals surface area (Å²) in [6, 6.07) is 19.9. The molecule has 4 atom stereocenters. The monoisotopic (exact) mass is 587 g/mol. The molecule has 0 radical (unpaired) electrons. The van der Waals surface area contributed by atoms with Gasteiger partial charge in [0.2, 0.25) is 0 Å². The summed E-state index contributed by atoms with van der Waals surface area (Å²) in [6.07, 6.45) is 34.5. The Hall–Kier alpha value is -4.75. The van der Waals surface area contributed by atoms with Crippen LogP contribution >= 0.6 is 0 Å². The summed E-state index contributed by atoms with van der Waals surface area (Å²) in [5, 5.41) is 0. The van der Waals surface area contributed by atoms with Crippen molar-refractivity contribution in [2.24, 2.45) is 22.7 Å². The summed E-state index contributed by atoms with van der Waals surface area (Å²) >= 11 is 0. The highest BCUT2D eigenvalue weighted by molar-refractivity contribution is 5.77. The molecule has 0 saturated carbocycles. The maximum Gasteiger partial charge on any atom is 0.0264 e. The van der Waals surface area contributed by atoms with Crippen molar-refractivity contribution in [1.29, 1.82) is 0 Å². The van der Waals surface area contributed by atoms with Crippen LogP contribution in [0.4, 0.5) is 0 Å². The minimum absolute atomic E-state index is 0.292. The standard InChI is InChI=1S/C44H45N/c1-6-10-23-41-32(5)43(35-20-12-11-13-21-35)40(8-3)42(17-7-2)44(41)38-27-25-34-24-26-37(30-39(34)31-38)36-22-16-19-33(29-36)18-14-15-28-45-9-4/h6-7,9-17,19-32,34,39,43H,1,4,8,18H2,2-3,5H3/b15-14-,17-7-,23-10-,45-28?. The molecule has 3 aliphatic rings. The molecule has 1 nitrogen and oxygen atoms in total. The molecule has 45 heavy (non-hydrogen) atoms. The minimum atomic E-state index is 0.292. The second kappa shape index (κ2) is 15.3. The third-order valence-corrected chi connectivity index (χ3v) is 9.06. The van der Waals surface area contributed by atoms with Crippen LogP contribution in [-0.4, -0.2) is 6.21 Å². The molecule has 0 N–H and O–H groups in total. The summed E-state index contributed by atoms with van der Waals surface area (Å²) in [4.78, 5) is 4.04. The van der Waals surface area contributed by atoms with Crippen LogP contribution in [0.15, 0.2) is 186 Å². The van der Waals surface area contributed by atoms with Gasteiger partial charge >= 0.3 is 0 Å². The van der Waals surface area contributed by atoms with E-state index in [1.807, 2.05) is 12.2 Å². The molecule has 0 saturated heterocycles. The summed E-state index contributed by atoms with van der Waals surface area (Å²) in [5.74, 6) is 1.31. The van der Waals surface area contributed by atoms with Gasteiger partial charge in [-0.1, -0.05) is 160 Å². The predicted molar refractivity (Wildman–Crippen MR) is 196 cm³/mol. The maximum absolute atomic E-state index is 4.04. The fourth-order valence-electron chi connectivity index (χ4n) is 7.00. The summed E-state index contributed by atoms with van der Waals surface area (Å²) in [6.45, 7) is 14.5. The number of nitrogens with zero attached hydrogens (tertiary/aromatic N) is 1. The fraction of sp³-hybridized carbons (Fsp3) is 0.205. The molecule has 0 aromatic heterocycles. The van der Waals surface area contributed by atoms with E-state index in [-0.39, 0.29) is 0 Å². The topological polar surface area (TPSA) is 12.4 Å². The average molecular weight is 588 g/mol. The third-order valence-electron chi connectivity index (χ3n) is 9.06. The van der Waals surface area contributed by atoms with Crippen molar-refractivity contribution in [3.63, 3.8) is 0 Å². The number of rotatable bonds is 11. The number of hydrogen-bond donors (Lipinski definition) is 0. The summed E-state index contributed by atoms with van der Waals surface area (Å²) in [5.41, 5.74) is 12.1. The van der Waals surface area contributed by atoms with Gasteiger partial charge in [-0.2, -0.15) is 0 Å². The second-order valence-corrected chi connectivity index (χ2v) is 11.8. The molecule has 0 aliphatic heterocycles.